The Labute approximate surface area is 162 Å². The van der Waals surface area contributed by atoms with E-state index in [1.807, 2.05) is 64.5 Å². The van der Waals surface area contributed by atoms with E-state index >= 15 is 0 Å². The lowest BCUT2D eigenvalue weighted by atomic mass is 10.1. The molecule has 0 unspecified atom stereocenters. The molecule has 1 amide bonds. The topological polar surface area (TPSA) is 87.5 Å². The van der Waals surface area contributed by atoms with Crippen LogP contribution >= 0.6 is 0 Å². The summed E-state index contributed by atoms with van der Waals surface area (Å²) in [5, 5.41) is 9.11. The highest BCUT2D eigenvalue weighted by Crippen LogP contribution is 2.33. The van der Waals surface area contributed by atoms with E-state index in [2.05, 4.69) is 10.2 Å². The number of nitrogens with two attached hydrogens (primary N) is 1. The van der Waals surface area contributed by atoms with E-state index in [1.165, 1.54) is 0 Å². The predicted octanol–water partition coefficient (Wildman–Crippen LogP) is 2.64. The molecular formula is C21H21N5O2. The Morgan fingerprint density at radius 3 is 2.61 bits per heavy atom. The molecule has 0 spiro atoms. The molecular weight excluding hydrogens is 354 g/mol. The van der Waals surface area contributed by atoms with Gasteiger partial charge in [0.05, 0.1) is 5.69 Å². The van der Waals surface area contributed by atoms with Crippen molar-refractivity contribution in [3.8, 4) is 22.8 Å². The van der Waals surface area contributed by atoms with Crippen molar-refractivity contribution in [1.82, 2.24) is 20.1 Å². The summed E-state index contributed by atoms with van der Waals surface area (Å²) in [7, 11) is 0. The number of H-pyrrole nitrogens is 1. The lowest BCUT2D eigenvalue weighted by molar-refractivity contribution is 0.0619. The van der Waals surface area contributed by atoms with Crippen LogP contribution < -0.4 is 10.6 Å². The highest BCUT2D eigenvalue weighted by atomic mass is 16.5. The number of aromatic amines is 1. The number of hydrazine groups is 1. The molecule has 2 aromatic carbocycles. The maximum Gasteiger partial charge on any atom is 0.272 e. The third-order valence-corrected chi connectivity index (χ3v) is 5.49. The fourth-order valence-electron chi connectivity index (χ4n) is 4.05. The largest absolute Gasteiger partial charge is 0.457 e. The average Bonchev–Trinajstić information content (AvgIpc) is 3.44. The molecule has 3 N–H and O–H groups in total. The van der Waals surface area contributed by atoms with Crippen LogP contribution in [0.5, 0.6) is 11.5 Å². The number of likely N-dealkylation sites (tertiary alicyclic amines) is 1. The van der Waals surface area contributed by atoms with Gasteiger partial charge in [0.1, 0.15) is 17.2 Å². The van der Waals surface area contributed by atoms with Crippen molar-refractivity contribution < 1.29 is 9.53 Å². The Hall–Kier alpha value is -3.16. The van der Waals surface area contributed by atoms with Gasteiger partial charge in [0.2, 0.25) is 0 Å². The summed E-state index contributed by atoms with van der Waals surface area (Å²) >= 11 is 0. The van der Waals surface area contributed by atoms with Gasteiger partial charge in [-0.1, -0.05) is 30.3 Å². The molecule has 7 nitrogen and oxygen atoms in total. The standard InChI is InChI=1S/C21H21N5O2/c22-26-13-14-10-15(26)12-25(14)21(27)19-11-18(23-24-19)17-8-4-5-9-20(17)28-16-6-2-1-3-7-16/h1-9,11,14-15H,10,12-13,22H2,(H,23,24)/t14-,15-/m1/s1. The fourth-order valence-corrected chi connectivity index (χ4v) is 4.05. The Morgan fingerprint density at radius 1 is 1.07 bits per heavy atom. The van der Waals surface area contributed by atoms with Gasteiger partial charge in [-0.3, -0.25) is 15.7 Å². The minimum absolute atomic E-state index is 0.0270. The third-order valence-electron chi connectivity index (χ3n) is 5.49. The van der Waals surface area contributed by atoms with Crippen molar-refractivity contribution in [2.75, 3.05) is 13.1 Å². The van der Waals surface area contributed by atoms with Gasteiger partial charge in [-0.05, 0) is 36.8 Å². The van der Waals surface area contributed by atoms with Gasteiger partial charge in [0, 0.05) is 30.7 Å². The summed E-state index contributed by atoms with van der Waals surface area (Å²) < 4.78 is 6.02. The number of rotatable bonds is 4. The second-order valence-corrected chi connectivity index (χ2v) is 7.28. The lowest BCUT2D eigenvalue weighted by Gasteiger charge is -2.31. The van der Waals surface area contributed by atoms with Crippen LogP contribution in [0.2, 0.25) is 0 Å². The smallest absolute Gasteiger partial charge is 0.272 e. The molecule has 7 heteroatoms. The average molecular weight is 375 g/mol. The molecule has 2 aliphatic heterocycles. The second kappa shape index (κ2) is 6.78. The number of aromatic nitrogens is 2. The van der Waals surface area contributed by atoms with Gasteiger partial charge in [0.15, 0.2) is 0 Å². The minimum atomic E-state index is -0.0270. The van der Waals surface area contributed by atoms with Gasteiger partial charge < -0.3 is 9.64 Å². The van der Waals surface area contributed by atoms with E-state index in [1.54, 1.807) is 6.07 Å². The number of amides is 1. The van der Waals surface area contributed by atoms with E-state index in [-0.39, 0.29) is 18.0 Å². The summed E-state index contributed by atoms with van der Waals surface area (Å²) in [5.41, 5.74) is 2.00. The predicted molar refractivity (Wildman–Crippen MR) is 105 cm³/mol. The summed E-state index contributed by atoms with van der Waals surface area (Å²) in [4.78, 5) is 14.8. The van der Waals surface area contributed by atoms with Crippen molar-refractivity contribution >= 4 is 5.91 Å². The number of hydrogen-bond donors (Lipinski definition) is 2. The monoisotopic (exact) mass is 375 g/mol. The zero-order chi connectivity index (χ0) is 19.1. The summed E-state index contributed by atoms with van der Waals surface area (Å²) in [6.45, 7) is 1.40. The number of piperazine rings is 1. The van der Waals surface area contributed by atoms with Gasteiger partial charge in [-0.15, -0.1) is 0 Å². The van der Waals surface area contributed by atoms with Crippen LogP contribution in [0.4, 0.5) is 0 Å². The van der Waals surface area contributed by atoms with Crippen LogP contribution in [0.1, 0.15) is 16.9 Å². The number of carbonyl (C=O) groups excluding carboxylic acids is 1. The number of ether oxygens (including phenoxy) is 1. The van der Waals surface area contributed by atoms with Gasteiger partial charge in [-0.2, -0.15) is 5.10 Å². The number of para-hydroxylation sites is 2. The molecule has 2 aliphatic rings. The minimum Gasteiger partial charge on any atom is -0.457 e. The lowest BCUT2D eigenvalue weighted by Crippen LogP contribution is -2.51. The molecule has 28 heavy (non-hydrogen) atoms. The Morgan fingerprint density at radius 2 is 1.86 bits per heavy atom. The maximum atomic E-state index is 12.9. The molecule has 0 saturated carbocycles. The molecule has 2 atom stereocenters. The fraction of sp³-hybridized carbons (Fsp3) is 0.238. The molecule has 0 aliphatic carbocycles. The summed E-state index contributed by atoms with van der Waals surface area (Å²) in [5.74, 6) is 7.36. The normalized spacial score (nSPS) is 21.2. The summed E-state index contributed by atoms with van der Waals surface area (Å²) in [6.07, 6.45) is 0.941. The maximum absolute atomic E-state index is 12.9. The van der Waals surface area contributed by atoms with Crippen molar-refractivity contribution in [3.63, 3.8) is 0 Å². The van der Waals surface area contributed by atoms with Crippen LogP contribution in [0.15, 0.2) is 60.7 Å². The van der Waals surface area contributed by atoms with Crippen molar-refractivity contribution in [2.24, 2.45) is 5.84 Å². The number of nitrogens with zero attached hydrogens (tertiary/aromatic N) is 3. The molecule has 2 saturated heterocycles. The van der Waals surface area contributed by atoms with Crippen LogP contribution in [0.3, 0.4) is 0 Å². The van der Waals surface area contributed by atoms with E-state index < -0.39 is 0 Å². The number of nitrogens with one attached hydrogen (secondary N) is 1. The SMILES string of the molecule is NN1C[C@H]2C[C@@H]1CN2C(=O)c1cc(-c2ccccc2Oc2ccccc2)n[nH]1. The van der Waals surface area contributed by atoms with Crippen LogP contribution in [0.25, 0.3) is 11.3 Å². The molecule has 0 radical (unpaired) electrons. The van der Waals surface area contributed by atoms with Crippen LogP contribution in [-0.4, -0.2) is 51.2 Å². The summed E-state index contributed by atoms with van der Waals surface area (Å²) in [6, 6.07) is 19.5. The molecule has 5 rings (SSSR count). The third kappa shape index (κ3) is 2.94. The molecule has 3 aromatic rings. The molecule has 142 valence electrons. The highest BCUT2D eigenvalue weighted by Gasteiger charge is 2.44. The van der Waals surface area contributed by atoms with E-state index in [0.29, 0.717) is 23.7 Å². The van der Waals surface area contributed by atoms with Crippen molar-refractivity contribution in [1.29, 1.82) is 0 Å². The zero-order valence-electron chi connectivity index (χ0n) is 15.3. The van der Waals surface area contributed by atoms with E-state index in [0.717, 1.165) is 24.3 Å². The first-order chi connectivity index (χ1) is 13.7. The molecule has 1 aromatic heterocycles. The molecule has 2 fully saturated rings. The molecule has 3 heterocycles. The first kappa shape index (κ1) is 17.0. The number of carbonyl (C=O) groups is 1. The van der Waals surface area contributed by atoms with Crippen molar-refractivity contribution in [3.05, 3.63) is 66.4 Å². The Bertz CT molecular complexity index is 1000. The van der Waals surface area contributed by atoms with Crippen LogP contribution in [-0.2, 0) is 0 Å². The number of benzene rings is 2. The highest BCUT2D eigenvalue weighted by molar-refractivity contribution is 5.94. The Kier molecular flexibility index (Phi) is 4.11. The zero-order valence-corrected chi connectivity index (χ0v) is 15.3. The quantitative estimate of drug-likeness (QED) is 0.685. The number of fused-ring (bicyclic) bond motifs is 2. The first-order valence-electron chi connectivity index (χ1n) is 9.39. The van der Waals surface area contributed by atoms with Crippen LogP contribution in [0, 0.1) is 0 Å². The van der Waals surface area contributed by atoms with E-state index in [9.17, 15) is 4.79 Å². The second-order valence-electron chi connectivity index (χ2n) is 7.28. The first-order valence-corrected chi connectivity index (χ1v) is 9.39. The Balaban J connectivity index is 1.39. The van der Waals surface area contributed by atoms with Gasteiger partial charge >= 0.3 is 0 Å². The van der Waals surface area contributed by atoms with E-state index in [4.69, 9.17) is 10.6 Å². The van der Waals surface area contributed by atoms with Gasteiger partial charge in [0.25, 0.3) is 5.91 Å². The van der Waals surface area contributed by atoms with Gasteiger partial charge in [-0.25, -0.2) is 5.01 Å². The molecule has 2 bridgehead atoms. The van der Waals surface area contributed by atoms with Crippen molar-refractivity contribution in [2.45, 2.75) is 18.5 Å². The number of hydrogen-bond acceptors (Lipinski definition) is 5.